The number of carbonyl (C=O) groups is 1. The molecule has 2 unspecified atom stereocenters. The third-order valence-electron chi connectivity index (χ3n) is 5.22. The van der Waals surface area contributed by atoms with Gasteiger partial charge in [-0.25, -0.2) is 4.98 Å². The van der Waals surface area contributed by atoms with Crippen LogP contribution in [0.25, 0.3) is 11.5 Å². The molecule has 1 aromatic heterocycles. The molecule has 1 aliphatic rings. The summed E-state index contributed by atoms with van der Waals surface area (Å²) in [5.74, 6) is 3.57. The Hall–Kier alpha value is -2.97. The van der Waals surface area contributed by atoms with Crippen molar-refractivity contribution in [1.29, 1.82) is 0 Å². The molecule has 2 atom stereocenters. The molecule has 0 aliphatic carbocycles. The molecular formula is C24H27N3O4S. The first-order valence-electron chi connectivity index (χ1n) is 10.6. The van der Waals surface area contributed by atoms with Gasteiger partial charge in [-0.05, 0) is 55.8 Å². The lowest BCUT2D eigenvalue weighted by atomic mass is 10.0. The molecule has 1 aliphatic heterocycles. The van der Waals surface area contributed by atoms with Crippen molar-refractivity contribution >= 4 is 17.7 Å². The van der Waals surface area contributed by atoms with Crippen molar-refractivity contribution in [2.45, 2.75) is 37.6 Å². The topological polar surface area (TPSA) is 85.6 Å². The molecule has 0 saturated carbocycles. The maximum Gasteiger partial charge on any atom is 0.226 e. The van der Waals surface area contributed by atoms with E-state index in [1.54, 1.807) is 18.9 Å². The highest BCUT2D eigenvalue weighted by Gasteiger charge is 2.28. The van der Waals surface area contributed by atoms with E-state index in [1.165, 1.54) is 0 Å². The zero-order valence-corrected chi connectivity index (χ0v) is 19.2. The Morgan fingerprint density at radius 3 is 2.75 bits per heavy atom. The number of methoxy groups -OCH3 is 1. The highest BCUT2D eigenvalue weighted by Crippen LogP contribution is 2.29. The summed E-state index contributed by atoms with van der Waals surface area (Å²) >= 11 is 1.58. The van der Waals surface area contributed by atoms with Gasteiger partial charge in [0.15, 0.2) is 0 Å². The molecule has 32 heavy (non-hydrogen) atoms. The van der Waals surface area contributed by atoms with Crippen molar-refractivity contribution in [1.82, 2.24) is 15.6 Å². The minimum Gasteiger partial charge on any atom is -0.497 e. The normalized spacial score (nSPS) is 18.3. The number of aryl methyl sites for hydroxylation is 1. The quantitative estimate of drug-likeness (QED) is 0.522. The minimum atomic E-state index is -0.225. The third-order valence-corrected chi connectivity index (χ3v) is 6.25. The molecule has 7 nitrogen and oxygen atoms in total. The second kappa shape index (κ2) is 10.1. The van der Waals surface area contributed by atoms with Crippen molar-refractivity contribution in [3.05, 3.63) is 65.5 Å². The Kier molecular flexibility index (Phi) is 7.02. The summed E-state index contributed by atoms with van der Waals surface area (Å²) in [5.41, 5.74) is 2.56. The monoisotopic (exact) mass is 453 g/mol. The fourth-order valence-corrected chi connectivity index (χ4v) is 4.61. The molecule has 2 aromatic carbocycles. The summed E-state index contributed by atoms with van der Waals surface area (Å²) in [6, 6.07) is 15.4. The van der Waals surface area contributed by atoms with Crippen LogP contribution in [-0.2, 0) is 10.5 Å². The van der Waals surface area contributed by atoms with Crippen molar-refractivity contribution in [2.75, 3.05) is 13.7 Å². The van der Waals surface area contributed by atoms with Crippen LogP contribution in [0.2, 0.25) is 0 Å². The Labute approximate surface area is 191 Å². The van der Waals surface area contributed by atoms with Crippen LogP contribution in [0.15, 0.2) is 52.9 Å². The third kappa shape index (κ3) is 5.26. The van der Waals surface area contributed by atoms with E-state index >= 15 is 0 Å². The second-order valence-corrected chi connectivity index (χ2v) is 8.53. The van der Waals surface area contributed by atoms with Gasteiger partial charge in [0.05, 0.1) is 19.4 Å². The SMILES string of the molecule is CCOc1ccc(-c2nc(CSC3NC(=O)CC(c4cccc(OC)c4)N3)c(C)o2)cc1. The second-order valence-electron chi connectivity index (χ2n) is 7.44. The number of carbonyl (C=O) groups excluding carboxylic acids is 1. The van der Waals surface area contributed by atoms with Crippen molar-refractivity contribution < 1.29 is 18.7 Å². The maximum atomic E-state index is 12.3. The number of thioether (sulfide) groups is 1. The van der Waals surface area contributed by atoms with Crippen molar-refractivity contribution in [3.8, 4) is 23.0 Å². The van der Waals surface area contributed by atoms with Crippen LogP contribution in [0, 0.1) is 6.92 Å². The molecule has 1 saturated heterocycles. The number of rotatable bonds is 8. The number of hydrogen-bond donors (Lipinski definition) is 2. The van der Waals surface area contributed by atoms with Crippen LogP contribution in [0.3, 0.4) is 0 Å². The van der Waals surface area contributed by atoms with Crippen molar-refractivity contribution in [2.24, 2.45) is 0 Å². The molecule has 2 heterocycles. The zero-order chi connectivity index (χ0) is 22.5. The van der Waals surface area contributed by atoms with Gasteiger partial charge in [0.1, 0.15) is 22.8 Å². The fourth-order valence-electron chi connectivity index (χ4n) is 3.54. The van der Waals surface area contributed by atoms with Gasteiger partial charge in [-0.2, -0.15) is 0 Å². The number of amides is 1. The van der Waals surface area contributed by atoms with E-state index in [4.69, 9.17) is 13.9 Å². The first kappa shape index (κ1) is 22.2. The molecule has 1 amide bonds. The minimum absolute atomic E-state index is 0.0148. The molecule has 4 rings (SSSR count). The van der Waals surface area contributed by atoms with Crippen LogP contribution in [0.1, 0.15) is 36.4 Å². The first-order valence-corrected chi connectivity index (χ1v) is 11.6. The Morgan fingerprint density at radius 2 is 2.00 bits per heavy atom. The molecule has 0 spiro atoms. The molecule has 168 valence electrons. The van der Waals surface area contributed by atoms with Crippen LogP contribution in [-0.4, -0.2) is 30.1 Å². The highest BCUT2D eigenvalue weighted by molar-refractivity contribution is 7.99. The molecule has 3 aromatic rings. The van der Waals surface area contributed by atoms with Crippen LogP contribution in [0.4, 0.5) is 0 Å². The number of oxazole rings is 1. The smallest absolute Gasteiger partial charge is 0.226 e. The van der Waals surface area contributed by atoms with E-state index in [2.05, 4.69) is 15.6 Å². The van der Waals surface area contributed by atoms with Crippen LogP contribution >= 0.6 is 11.8 Å². The average molecular weight is 454 g/mol. The lowest BCUT2D eigenvalue weighted by Gasteiger charge is -2.31. The number of ether oxygens (including phenoxy) is 2. The van der Waals surface area contributed by atoms with Crippen LogP contribution < -0.4 is 20.1 Å². The lowest BCUT2D eigenvalue weighted by molar-refractivity contribution is -0.123. The number of hydrogen-bond acceptors (Lipinski definition) is 7. The van der Waals surface area contributed by atoms with Gasteiger partial charge in [-0.15, -0.1) is 11.8 Å². The Morgan fingerprint density at radius 1 is 1.19 bits per heavy atom. The number of aromatic nitrogens is 1. The molecular weight excluding hydrogens is 426 g/mol. The van der Waals surface area contributed by atoms with E-state index < -0.39 is 0 Å². The average Bonchev–Trinajstić information content (AvgIpc) is 3.18. The lowest BCUT2D eigenvalue weighted by Crippen LogP contribution is -2.50. The molecule has 1 fully saturated rings. The first-order chi connectivity index (χ1) is 15.6. The summed E-state index contributed by atoms with van der Waals surface area (Å²) in [6.07, 6.45) is 0.384. The van der Waals surface area contributed by atoms with Crippen molar-refractivity contribution in [3.63, 3.8) is 0 Å². The van der Waals surface area contributed by atoms with E-state index in [9.17, 15) is 4.79 Å². The van der Waals surface area contributed by atoms with Gasteiger partial charge < -0.3 is 19.2 Å². The molecule has 2 N–H and O–H groups in total. The summed E-state index contributed by atoms with van der Waals surface area (Å²) in [7, 11) is 1.64. The summed E-state index contributed by atoms with van der Waals surface area (Å²) < 4.78 is 16.7. The maximum absolute atomic E-state index is 12.3. The standard InChI is InChI=1S/C24H27N3O4S/c1-4-30-18-10-8-16(9-11-18)23-25-21(15(2)31-23)14-32-24-26-20(13-22(28)27-24)17-6-5-7-19(12-17)29-3/h5-12,20,24,26H,4,13-14H2,1-3H3,(H,27,28). The number of nitrogens with one attached hydrogen (secondary N) is 2. The summed E-state index contributed by atoms with van der Waals surface area (Å²) in [4.78, 5) is 17.0. The Bertz CT molecular complexity index is 1070. The summed E-state index contributed by atoms with van der Waals surface area (Å²) in [5, 5.41) is 6.50. The van der Waals surface area contributed by atoms with E-state index in [1.807, 2.05) is 62.4 Å². The van der Waals surface area contributed by atoms with Gasteiger partial charge in [0.2, 0.25) is 11.8 Å². The highest BCUT2D eigenvalue weighted by atomic mass is 32.2. The number of nitrogens with zero attached hydrogens (tertiary/aromatic N) is 1. The van der Waals surface area contributed by atoms with E-state index in [-0.39, 0.29) is 17.4 Å². The van der Waals surface area contributed by atoms with Gasteiger partial charge >= 0.3 is 0 Å². The predicted molar refractivity (Wildman–Crippen MR) is 125 cm³/mol. The van der Waals surface area contributed by atoms with Gasteiger partial charge in [0, 0.05) is 23.8 Å². The molecule has 0 radical (unpaired) electrons. The van der Waals surface area contributed by atoms with E-state index in [0.717, 1.165) is 34.1 Å². The predicted octanol–water partition coefficient (Wildman–Crippen LogP) is 4.42. The number of benzene rings is 2. The molecule has 8 heteroatoms. The van der Waals surface area contributed by atoms with E-state index in [0.29, 0.717) is 24.7 Å². The van der Waals surface area contributed by atoms with Gasteiger partial charge in [-0.1, -0.05) is 12.1 Å². The van der Waals surface area contributed by atoms with Gasteiger partial charge in [0.25, 0.3) is 0 Å². The summed E-state index contributed by atoms with van der Waals surface area (Å²) in [6.45, 7) is 4.49. The Balaban J connectivity index is 1.41. The zero-order valence-electron chi connectivity index (χ0n) is 18.4. The van der Waals surface area contributed by atoms with Gasteiger partial charge in [-0.3, -0.25) is 10.1 Å². The fraction of sp³-hybridized carbons (Fsp3) is 0.333. The largest absolute Gasteiger partial charge is 0.497 e. The molecule has 0 bridgehead atoms. The van der Waals surface area contributed by atoms with Crippen LogP contribution in [0.5, 0.6) is 11.5 Å².